The van der Waals surface area contributed by atoms with Gasteiger partial charge in [-0.2, -0.15) is 5.26 Å². The number of nitriles is 1. The Morgan fingerprint density at radius 2 is 1.83 bits per heavy atom. The minimum atomic E-state index is -0.541. The lowest BCUT2D eigenvalue weighted by Gasteiger charge is -2.29. The third-order valence-corrected chi connectivity index (χ3v) is 3.99. The molecule has 1 amide bonds. The molecule has 1 aliphatic rings. The van der Waals surface area contributed by atoms with E-state index in [2.05, 4.69) is 6.07 Å². The van der Waals surface area contributed by atoms with Gasteiger partial charge in [0, 0.05) is 0 Å². The molecular formula is C20H20N2O2. The standard InChI is InChI=1S/C20H20N2O2/c1-20(2,3)24-19(23)22-13-16-6-4-5-7-17(16)18(22)15-10-8-14(12-21)9-11-15/h4-11,18H,13H2,1-3H3. The van der Waals surface area contributed by atoms with Crippen molar-refractivity contribution in [1.82, 2.24) is 4.90 Å². The van der Waals surface area contributed by atoms with Gasteiger partial charge in [0.1, 0.15) is 5.60 Å². The zero-order valence-electron chi connectivity index (χ0n) is 14.1. The van der Waals surface area contributed by atoms with E-state index in [-0.39, 0.29) is 12.1 Å². The lowest BCUT2D eigenvalue weighted by Crippen LogP contribution is -2.36. The Morgan fingerprint density at radius 1 is 1.17 bits per heavy atom. The molecule has 2 aromatic rings. The Kier molecular flexibility index (Phi) is 4.02. The lowest BCUT2D eigenvalue weighted by molar-refractivity contribution is 0.0203. The molecule has 4 nitrogen and oxygen atoms in total. The van der Waals surface area contributed by atoms with Gasteiger partial charge in [0.2, 0.25) is 0 Å². The number of ether oxygens (including phenoxy) is 1. The molecule has 0 N–H and O–H groups in total. The van der Waals surface area contributed by atoms with E-state index in [0.717, 1.165) is 16.7 Å². The van der Waals surface area contributed by atoms with Crippen molar-refractivity contribution in [3.05, 3.63) is 70.8 Å². The Labute approximate surface area is 142 Å². The van der Waals surface area contributed by atoms with Gasteiger partial charge in [-0.15, -0.1) is 0 Å². The van der Waals surface area contributed by atoms with Crippen molar-refractivity contribution in [2.45, 2.75) is 39.0 Å². The highest BCUT2D eigenvalue weighted by atomic mass is 16.6. The summed E-state index contributed by atoms with van der Waals surface area (Å²) in [5, 5.41) is 8.98. The molecule has 0 spiro atoms. The van der Waals surface area contributed by atoms with E-state index < -0.39 is 5.60 Å². The van der Waals surface area contributed by atoms with E-state index in [1.807, 2.05) is 57.2 Å². The summed E-state index contributed by atoms with van der Waals surface area (Å²) < 4.78 is 5.58. The largest absolute Gasteiger partial charge is 0.444 e. The topological polar surface area (TPSA) is 53.3 Å². The zero-order chi connectivity index (χ0) is 17.3. The minimum absolute atomic E-state index is 0.191. The second kappa shape index (κ2) is 6.01. The second-order valence-electron chi connectivity index (χ2n) is 6.94. The third-order valence-electron chi connectivity index (χ3n) is 3.99. The molecule has 3 rings (SSSR count). The van der Waals surface area contributed by atoms with Crippen LogP contribution in [0.3, 0.4) is 0 Å². The van der Waals surface area contributed by atoms with Crippen molar-refractivity contribution in [3.8, 4) is 6.07 Å². The summed E-state index contributed by atoms with van der Waals surface area (Å²) in [5.74, 6) is 0. The third kappa shape index (κ3) is 3.11. The molecule has 0 radical (unpaired) electrons. The maximum Gasteiger partial charge on any atom is 0.411 e. The van der Waals surface area contributed by atoms with Gasteiger partial charge in [0.15, 0.2) is 0 Å². The van der Waals surface area contributed by atoms with Crippen molar-refractivity contribution in [2.75, 3.05) is 0 Å². The number of nitrogens with zero attached hydrogens (tertiary/aromatic N) is 2. The SMILES string of the molecule is CC(C)(C)OC(=O)N1Cc2ccccc2C1c1ccc(C#N)cc1. The molecule has 0 bridgehead atoms. The molecule has 24 heavy (non-hydrogen) atoms. The molecule has 2 aromatic carbocycles. The number of fused-ring (bicyclic) bond motifs is 1. The van der Waals surface area contributed by atoms with Gasteiger partial charge in [0.25, 0.3) is 0 Å². The highest BCUT2D eigenvalue weighted by Crippen LogP contribution is 2.39. The van der Waals surface area contributed by atoms with Crippen LogP contribution < -0.4 is 0 Å². The van der Waals surface area contributed by atoms with Gasteiger partial charge >= 0.3 is 6.09 Å². The van der Waals surface area contributed by atoms with E-state index in [1.54, 1.807) is 17.0 Å². The quantitative estimate of drug-likeness (QED) is 0.782. The number of rotatable bonds is 1. The van der Waals surface area contributed by atoms with Gasteiger partial charge in [-0.05, 0) is 49.6 Å². The van der Waals surface area contributed by atoms with Crippen molar-refractivity contribution < 1.29 is 9.53 Å². The van der Waals surface area contributed by atoms with Crippen molar-refractivity contribution in [3.63, 3.8) is 0 Å². The van der Waals surface area contributed by atoms with Crippen LogP contribution in [0.25, 0.3) is 0 Å². The molecule has 0 saturated carbocycles. The number of hydrogen-bond acceptors (Lipinski definition) is 3. The van der Waals surface area contributed by atoms with Crippen molar-refractivity contribution in [2.24, 2.45) is 0 Å². The summed E-state index contributed by atoms with van der Waals surface area (Å²) in [7, 11) is 0. The predicted octanol–water partition coefficient (Wildman–Crippen LogP) is 4.40. The molecule has 1 atom stereocenters. The fourth-order valence-electron chi connectivity index (χ4n) is 2.98. The van der Waals surface area contributed by atoms with Crippen LogP contribution in [0.2, 0.25) is 0 Å². The lowest BCUT2D eigenvalue weighted by atomic mass is 9.97. The van der Waals surface area contributed by atoms with Gasteiger partial charge in [-0.3, -0.25) is 4.90 Å². The summed E-state index contributed by atoms with van der Waals surface area (Å²) >= 11 is 0. The fraction of sp³-hybridized carbons (Fsp3) is 0.300. The van der Waals surface area contributed by atoms with Gasteiger partial charge in [-0.1, -0.05) is 36.4 Å². The van der Waals surface area contributed by atoms with Crippen LogP contribution in [0.5, 0.6) is 0 Å². The van der Waals surface area contributed by atoms with E-state index in [9.17, 15) is 4.79 Å². The van der Waals surface area contributed by atoms with Crippen LogP contribution in [0.1, 0.15) is 49.1 Å². The smallest absolute Gasteiger partial charge is 0.411 e. The summed E-state index contributed by atoms with van der Waals surface area (Å²) in [4.78, 5) is 14.4. The normalized spacial score (nSPS) is 16.4. The highest BCUT2D eigenvalue weighted by molar-refractivity contribution is 5.71. The van der Waals surface area contributed by atoms with Crippen LogP contribution in [-0.2, 0) is 11.3 Å². The number of amides is 1. The first kappa shape index (κ1) is 16.1. The molecule has 4 heteroatoms. The maximum absolute atomic E-state index is 12.7. The van der Waals surface area contributed by atoms with E-state index in [0.29, 0.717) is 12.1 Å². The Hall–Kier alpha value is -2.80. The van der Waals surface area contributed by atoms with Crippen LogP contribution in [0.15, 0.2) is 48.5 Å². The summed E-state index contributed by atoms with van der Waals surface area (Å²) in [5.41, 5.74) is 3.27. The first-order chi connectivity index (χ1) is 11.4. The molecule has 0 aromatic heterocycles. The first-order valence-electron chi connectivity index (χ1n) is 7.96. The molecule has 0 aliphatic carbocycles. The number of benzene rings is 2. The molecule has 122 valence electrons. The van der Waals surface area contributed by atoms with Crippen LogP contribution >= 0.6 is 0 Å². The molecule has 1 unspecified atom stereocenters. The van der Waals surface area contributed by atoms with Crippen molar-refractivity contribution >= 4 is 6.09 Å². The number of hydrogen-bond donors (Lipinski definition) is 0. The van der Waals surface area contributed by atoms with Crippen LogP contribution in [-0.4, -0.2) is 16.6 Å². The average molecular weight is 320 g/mol. The number of carbonyl (C=O) groups excluding carboxylic acids is 1. The monoisotopic (exact) mass is 320 g/mol. The average Bonchev–Trinajstić information content (AvgIpc) is 2.93. The maximum atomic E-state index is 12.7. The number of carbonyl (C=O) groups is 1. The molecule has 0 saturated heterocycles. The van der Waals surface area contributed by atoms with E-state index in [1.165, 1.54) is 0 Å². The minimum Gasteiger partial charge on any atom is -0.444 e. The fourth-order valence-corrected chi connectivity index (χ4v) is 2.98. The van der Waals surface area contributed by atoms with Crippen LogP contribution in [0, 0.1) is 11.3 Å². The van der Waals surface area contributed by atoms with Gasteiger partial charge in [0.05, 0.1) is 24.2 Å². The first-order valence-corrected chi connectivity index (χ1v) is 7.96. The summed E-state index contributed by atoms with van der Waals surface area (Å²) in [6.45, 7) is 6.12. The summed E-state index contributed by atoms with van der Waals surface area (Å²) in [6, 6.07) is 17.3. The highest BCUT2D eigenvalue weighted by Gasteiger charge is 2.36. The molecular weight excluding hydrogens is 300 g/mol. The summed E-state index contributed by atoms with van der Waals surface area (Å²) in [6.07, 6.45) is -0.326. The zero-order valence-corrected chi connectivity index (χ0v) is 14.1. The van der Waals surface area contributed by atoms with Gasteiger partial charge in [-0.25, -0.2) is 4.79 Å². The molecule has 1 heterocycles. The van der Waals surface area contributed by atoms with E-state index in [4.69, 9.17) is 10.00 Å². The van der Waals surface area contributed by atoms with Crippen molar-refractivity contribution in [1.29, 1.82) is 5.26 Å². The second-order valence-corrected chi connectivity index (χ2v) is 6.94. The predicted molar refractivity (Wildman–Crippen MR) is 91.2 cm³/mol. The van der Waals surface area contributed by atoms with Gasteiger partial charge < -0.3 is 4.74 Å². The Balaban J connectivity index is 1.99. The van der Waals surface area contributed by atoms with E-state index >= 15 is 0 Å². The Bertz CT molecular complexity index is 798. The molecule has 0 fully saturated rings. The van der Waals surface area contributed by atoms with Crippen LogP contribution in [0.4, 0.5) is 4.79 Å². The Morgan fingerprint density at radius 3 is 2.46 bits per heavy atom. The molecule has 1 aliphatic heterocycles.